The summed E-state index contributed by atoms with van der Waals surface area (Å²) in [5, 5.41) is 28.9. The van der Waals surface area contributed by atoms with Gasteiger partial charge in [0, 0.05) is 0 Å². The first kappa shape index (κ1) is 31.1. The third-order valence-electron chi connectivity index (χ3n) is 11.5. The minimum atomic E-state index is 0.176. The van der Waals surface area contributed by atoms with Crippen molar-refractivity contribution >= 4 is 99.2 Å². The Kier molecular flexibility index (Phi) is 6.42. The van der Waals surface area contributed by atoms with Gasteiger partial charge in [-0.1, -0.05) is 6.07 Å². The molecule has 4 heterocycles. The fourth-order valence-corrected chi connectivity index (χ4v) is 11.3. The summed E-state index contributed by atoms with van der Waals surface area (Å²) in [6, 6.07) is 63.0. The minimum absolute atomic E-state index is 0.176. The molecule has 0 radical (unpaired) electrons. The van der Waals surface area contributed by atoms with Crippen molar-refractivity contribution in [1.29, 1.82) is 10.5 Å². The van der Waals surface area contributed by atoms with Crippen LogP contribution in [0.3, 0.4) is 0 Å². The molecule has 4 aromatic heterocycles. The van der Waals surface area contributed by atoms with Gasteiger partial charge in [0.2, 0.25) is 0 Å². The number of para-hydroxylation sites is 3. The van der Waals surface area contributed by atoms with Gasteiger partial charge < -0.3 is 0 Å². The molecular formula is C50H27N5Se. The molecule has 0 fully saturated rings. The van der Waals surface area contributed by atoms with E-state index in [1.165, 1.54) is 62.9 Å². The summed E-state index contributed by atoms with van der Waals surface area (Å²) in [4.78, 5) is 0. The van der Waals surface area contributed by atoms with Gasteiger partial charge >= 0.3 is 321 Å². The van der Waals surface area contributed by atoms with E-state index in [4.69, 9.17) is 0 Å². The first-order valence-electron chi connectivity index (χ1n) is 18.5. The van der Waals surface area contributed by atoms with Gasteiger partial charge in [-0.05, 0) is 0 Å². The molecule has 6 heteroatoms. The van der Waals surface area contributed by atoms with Gasteiger partial charge in [0.1, 0.15) is 0 Å². The van der Waals surface area contributed by atoms with Crippen molar-refractivity contribution < 1.29 is 0 Å². The summed E-state index contributed by atoms with van der Waals surface area (Å²) < 4.78 is 9.89. The van der Waals surface area contributed by atoms with E-state index in [0.29, 0.717) is 11.1 Å². The Hall–Kier alpha value is -7.34. The first-order chi connectivity index (χ1) is 27.7. The molecule has 12 rings (SSSR count). The summed E-state index contributed by atoms with van der Waals surface area (Å²) in [6.45, 7) is 0. The van der Waals surface area contributed by atoms with Gasteiger partial charge in [-0.3, -0.25) is 0 Å². The number of hydrogen-bond acceptors (Lipinski definition) is 2. The average Bonchev–Trinajstić information content (AvgIpc) is 3.99. The van der Waals surface area contributed by atoms with Crippen LogP contribution >= 0.6 is 0 Å². The summed E-state index contributed by atoms with van der Waals surface area (Å²) >= 11 is 0.176. The van der Waals surface area contributed by atoms with Gasteiger partial charge in [-0.2, -0.15) is 0 Å². The van der Waals surface area contributed by atoms with Crippen molar-refractivity contribution in [1.82, 2.24) is 13.7 Å². The quantitative estimate of drug-likeness (QED) is 0.168. The maximum absolute atomic E-state index is 9.73. The van der Waals surface area contributed by atoms with E-state index in [1.54, 1.807) is 0 Å². The summed E-state index contributed by atoms with van der Waals surface area (Å²) in [7, 11) is 0. The van der Waals surface area contributed by atoms with Gasteiger partial charge in [0.25, 0.3) is 0 Å². The Morgan fingerprint density at radius 2 is 0.875 bits per heavy atom. The predicted molar refractivity (Wildman–Crippen MR) is 231 cm³/mol. The van der Waals surface area contributed by atoms with E-state index < -0.39 is 0 Å². The first-order valence-corrected chi connectivity index (χ1v) is 20.3. The zero-order valence-corrected chi connectivity index (χ0v) is 31.4. The van der Waals surface area contributed by atoms with Crippen LogP contribution in [0.25, 0.3) is 102 Å². The number of benzene rings is 8. The van der Waals surface area contributed by atoms with Crippen molar-refractivity contribution in [3.63, 3.8) is 0 Å². The zero-order valence-electron chi connectivity index (χ0n) is 29.7. The topological polar surface area (TPSA) is 62.4 Å². The molecule has 0 saturated heterocycles. The molecule has 0 N–H and O–H groups in total. The summed E-state index contributed by atoms with van der Waals surface area (Å²) in [5.41, 5.74) is 11.3. The van der Waals surface area contributed by atoms with Crippen LogP contribution in [0.4, 0.5) is 0 Å². The molecule has 5 nitrogen and oxygen atoms in total. The molecule has 56 heavy (non-hydrogen) atoms. The van der Waals surface area contributed by atoms with Gasteiger partial charge in [0.05, 0.1) is 0 Å². The predicted octanol–water partition coefficient (Wildman–Crippen LogP) is 12.1. The van der Waals surface area contributed by atoms with E-state index in [1.807, 2.05) is 36.4 Å². The monoisotopic (exact) mass is 777 g/mol. The normalized spacial score (nSPS) is 11.9. The molecule has 8 aromatic carbocycles. The Bertz CT molecular complexity index is 3660. The van der Waals surface area contributed by atoms with Crippen LogP contribution < -0.4 is 0 Å². The maximum atomic E-state index is 9.73. The van der Waals surface area contributed by atoms with Crippen LogP contribution in [0.5, 0.6) is 0 Å². The van der Waals surface area contributed by atoms with E-state index in [2.05, 4.69) is 153 Å². The van der Waals surface area contributed by atoms with Crippen LogP contribution in [-0.4, -0.2) is 28.2 Å². The van der Waals surface area contributed by atoms with Crippen molar-refractivity contribution in [3.8, 4) is 29.2 Å². The molecular weight excluding hydrogens is 750 g/mol. The fourth-order valence-electron chi connectivity index (χ4n) is 9.10. The van der Waals surface area contributed by atoms with Crippen LogP contribution in [0, 0.1) is 22.7 Å². The Labute approximate surface area is 326 Å². The number of nitriles is 2. The molecule has 0 saturated carbocycles. The molecule has 12 aromatic rings. The van der Waals surface area contributed by atoms with Crippen molar-refractivity contribution in [2.75, 3.05) is 0 Å². The second-order valence-electron chi connectivity index (χ2n) is 14.4. The number of nitrogens with zero attached hydrogens (tertiary/aromatic N) is 5. The standard InChI is InChI=1S/C50H27N5Se/c51-28-30-14-19-44-38(24-30)39-25-31(29-52)15-20-45(39)53(44)33-16-22-47-40(26-33)41-27-34(17-23-48(41)56-47)54-43-13-7-5-11-37(43)49-46(54)21-18-36-35-10-4-6-12-42(35)55(50(36)49)32-8-2-1-3-9-32/h1-27H. The number of hydrogen-bond donors (Lipinski definition) is 0. The fraction of sp³-hybridized carbons (Fsp3) is 0. The van der Waals surface area contributed by atoms with Crippen LogP contribution in [0.15, 0.2) is 164 Å². The van der Waals surface area contributed by atoms with Gasteiger partial charge in [-0.25, -0.2) is 0 Å². The van der Waals surface area contributed by atoms with E-state index >= 15 is 0 Å². The number of fused-ring (bicyclic) bond motifs is 13. The van der Waals surface area contributed by atoms with Crippen molar-refractivity contribution in [2.24, 2.45) is 0 Å². The summed E-state index contributed by atoms with van der Waals surface area (Å²) in [6.07, 6.45) is 0. The second-order valence-corrected chi connectivity index (χ2v) is 16.7. The van der Waals surface area contributed by atoms with Crippen molar-refractivity contribution in [2.45, 2.75) is 0 Å². The Balaban J connectivity index is 1.12. The summed E-state index contributed by atoms with van der Waals surface area (Å²) in [5.74, 6) is 0. The van der Waals surface area contributed by atoms with Crippen molar-refractivity contribution in [3.05, 3.63) is 175 Å². The molecule has 0 spiro atoms. The number of rotatable bonds is 3. The van der Waals surface area contributed by atoms with Crippen LogP contribution in [0.1, 0.15) is 11.1 Å². The number of aromatic nitrogens is 3. The molecule has 0 aliphatic carbocycles. The molecule has 0 unspecified atom stereocenters. The van der Waals surface area contributed by atoms with E-state index in [-0.39, 0.29) is 14.5 Å². The Morgan fingerprint density at radius 1 is 0.357 bits per heavy atom. The molecule has 0 amide bonds. The third kappa shape index (κ3) is 4.23. The molecule has 0 atom stereocenters. The third-order valence-corrected chi connectivity index (χ3v) is 13.9. The molecule has 0 bridgehead atoms. The van der Waals surface area contributed by atoms with E-state index in [9.17, 15) is 10.5 Å². The van der Waals surface area contributed by atoms with Gasteiger partial charge in [0.15, 0.2) is 0 Å². The molecule has 258 valence electrons. The molecule has 0 aliphatic heterocycles. The second kappa shape index (κ2) is 11.6. The van der Waals surface area contributed by atoms with E-state index in [0.717, 1.165) is 38.9 Å². The Morgan fingerprint density at radius 3 is 1.50 bits per heavy atom. The van der Waals surface area contributed by atoms with Crippen LogP contribution in [0.2, 0.25) is 0 Å². The van der Waals surface area contributed by atoms with Gasteiger partial charge in [-0.15, -0.1) is 0 Å². The zero-order chi connectivity index (χ0) is 37.1. The average molecular weight is 777 g/mol. The van der Waals surface area contributed by atoms with Crippen LogP contribution in [-0.2, 0) is 0 Å². The SMILES string of the molecule is N#Cc1ccc2c(c1)c1cc(C#N)ccc1n2-c1ccc2[se]c3ccc(-n4c5ccccc5c5c4ccc4c6ccccc6n(-c6ccccc6)c45)cc3c2c1. The molecule has 0 aliphatic rings.